The standard InChI is InChI=1S/C13H22N5O2/c1-9(18(4,5)6)7-17-8-14-11-10(17)12(19)16(3)13(20)15(11)2/h8-9H,7H2,1-6H3/q+1. The molecule has 0 saturated heterocycles. The first-order valence-electron chi connectivity index (χ1n) is 6.56. The van der Waals surface area contributed by atoms with Gasteiger partial charge in [-0.1, -0.05) is 0 Å². The van der Waals surface area contributed by atoms with Crippen molar-refractivity contribution in [1.82, 2.24) is 18.7 Å². The molecule has 0 N–H and O–H groups in total. The van der Waals surface area contributed by atoms with Crippen LogP contribution in [0, 0.1) is 0 Å². The fourth-order valence-corrected chi connectivity index (χ4v) is 2.07. The van der Waals surface area contributed by atoms with E-state index in [1.807, 2.05) is 4.57 Å². The molecule has 20 heavy (non-hydrogen) atoms. The molecule has 7 nitrogen and oxygen atoms in total. The van der Waals surface area contributed by atoms with Crippen LogP contribution < -0.4 is 11.2 Å². The van der Waals surface area contributed by atoms with Gasteiger partial charge in [0.2, 0.25) is 0 Å². The van der Waals surface area contributed by atoms with E-state index in [0.717, 1.165) is 9.05 Å². The molecule has 0 aliphatic carbocycles. The molecule has 1 atom stereocenters. The highest BCUT2D eigenvalue weighted by Gasteiger charge is 2.21. The summed E-state index contributed by atoms with van der Waals surface area (Å²) in [5.41, 5.74) is 0.267. The Morgan fingerprint density at radius 3 is 2.35 bits per heavy atom. The largest absolute Gasteiger partial charge is 0.332 e. The molecule has 0 aliphatic heterocycles. The normalized spacial score (nSPS) is 13.9. The molecule has 0 amide bonds. The SMILES string of the molecule is CC(Cn1cnc2c1c(=O)n(C)c(=O)n2C)[N+](C)(C)C. The van der Waals surface area contributed by atoms with E-state index in [4.69, 9.17) is 0 Å². The van der Waals surface area contributed by atoms with Crippen LogP contribution in [-0.2, 0) is 20.6 Å². The predicted octanol–water partition coefficient (Wildman–Crippen LogP) is -0.472. The van der Waals surface area contributed by atoms with Gasteiger partial charge in [-0.15, -0.1) is 0 Å². The van der Waals surface area contributed by atoms with Crippen molar-refractivity contribution in [2.24, 2.45) is 14.1 Å². The molecule has 2 heterocycles. The molecule has 7 heteroatoms. The van der Waals surface area contributed by atoms with Crippen LogP contribution in [0.5, 0.6) is 0 Å². The van der Waals surface area contributed by atoms with Crippen molar-refractivity contribution in [1.29, 1.82) is 0 Å². The number of hydrogen-bond acceptors (Lipinski definition) is 3. The van der Waals surface area contributed by atoms with Crippen LogP contribution in [0.1, 0.15) is 6.92 Å². The summed E-state index contributed by atoms with van der Waals surface area (Å²) in [7, 11) is 9.45. The van der Waals surface area contributed by atoms with E-state index in [-0.39, 0.29) is 11.2 Å². The van der Waals surface area contributed by atoms with E-state index < -0.39 is 0 Å². The van der Waals surface area contributed by atoms with E-state index >= 15 is 0 Å². The lowest BCUT2D eigenvalue weighted by molar-refractivity contribution is -0.894. The summed E-state index contributed by atoms with van der Waals surface area (Å²) < 4.78 is 5.15. The van der Waals surface area contributed by atoms with Gasteiger partial charge in [-0.3, -0.25) is 13.9 Å². The Bertz CT molecular complexity index is 760. The van der Waals surface area contributed by atoms with E-state index in [1.165, 1.54) is 11.6 Å². The van der Waals surface area contributed by atoms with Gasteiger partial charge in [0.05, 0.1) is 34.0 Å². The number of hydrogen-bond donors (Lipinski definition) is 0. The van der Waals surface area contributed by atoms with Gasteiger partial charge in [0, 0.05) is 14.1 Å². The number of quaternary nitrogens is 1. The van der Waals surface area contributed by atoms with Crippen molar-refractivity contribution in [3.63, 3.8) is 0 Å². The van der Waals surface area contributed by atoms with E-state index in [2.05, 4.69) is 33.1 Å². The first-order chi connectivity index (χ1) is 9.14. The Kier molecular flexibility index (Phi) is 3.33. The summed E-state index contributed by atoms with van der Waals surface area (Å²) in [6.07, 6.45) is 1.64. The van der Waals surface area contributed by atoms with Crippen LogP contribution in [0.25, 0.3) is 11.2 Å². The second-order valence-electron chi connectivity index (χ2n) is 6.24. The summed E-state index contributed by atoms with van der Waals surface area (Å²) >= 11 is 0. The number of likely N-dealkylation sites (N-methyl/N-ethyl adjacent to an activating group) is 1. The molecule has 0 radical (unpaired) electrons. The fourth-order valence-electron chi connectivity index (χ4n) is 2.07. The minimum Gasteiger partial charge on any atom is -0.327 e. The summed E-state index contributed by atoms with van der Waals surface area (Å²) in [5.74, 6) is 0. The molecule has 0 aliphatic rings. The second-order valence-corrected chi connectivity index (χ2v) is 6.24. The first-order valence-corrected chi connectivity index (χ1v) is 6.56. The minimum atomic E-state index is -0.354. The number of imidazole rings is 1. The van der Waals surface area contributed by atoms with Crippen molar-refractivity contribution >= 4 is 11.2 Å². The van der Waals surface area contributed by atoms with Gasteiger partial charge in [-0.2, -0.15) is 0 Å². The molecular formula is C13H22N5O2+. The van der Waals surface area contributed by atoms with Crippen LogP contribution in [0.3, 0.4) is 0 Å². The van der Waals surface area contributed by atoms with E-state index in [9.17, 15) is 9.59 Å². The maximum absolute atomic E-state index is 12.3. The third kappa shape index (κ3) is 2.18. The van der Waals surface area contributed by atoms with Crippen LogP contribution in [0.15, 0.2) is 15.9 Å². The van der Waals surface area contributed by atoms with Crippen LogP contribution in [-0.4, -0.2) is 50.4 Å². The average molecular weight is 280 g/mol. The Hall–Kier alpha value is -1.89. The molecule has 110 valence electrons. The molecule has 2 aromatic heterocycles. The fraction of sp³-hybridized carbons (Fsp3) is 0.615. The van der Waals surface area contributed by atoms with E-state index in [0.29, 0.717) is 23.8 Å². The molecule has 0 fully saturated rings. The van der Waals surface area contributed by atoms with Gasteiger partial charge in [0.1, 0.15) is 6.04 Å². The lowest BCUT2D eigenvalue weighted by atomic mass is 10.2. The number of fused-ring (bicyclic) bond motifs is 1. The third-order valence-corrected chi connectivity index (χ3v) is 4.00. The summed E-state index contributed by atoms with van der Waals surface area (Å²) in [6.45, 7) is 2.80. The van der Waals surface area contributed by atoms with Crippen LogP contribution in [0.2, 0.25) is 0 Å². The van der Waals surface area contributed by atoms with Crippen molar-refractivity contribution in [2.75, 3.05) is 21.1 Å². The van der Waals surface area contributed by atoms with Gasteiger partial charge in [0.15, 0.2) is 11.2 Å². The third-order valence-electron chi connectivity index (χ3n) is 4.00. The maximum atomic E-state index is 12.3. The summed E-state index contributed by atoms with van der Waals surface area (Å²) in [4.78, 5) is 28.4. The summed E-state index contributed by atoms with van der Waals surface area (Å²) in [6, 6.07) is 0.314. The van der Waals surface area contributed by atoms with Crippen LogP contribution >= 0.6 is 0 Å². The smallest absolute Gasteiger partial charge is 0.327 e. The zero-order chi connectivity index (χ0) is 15.2. The zero-order valence-corrected chi connectivity index (χ0v) is 12.9. The van der Waals surface area contributed by atoms with Crippen molar-refractivity contribution in [3.05, 3.63) is 27.2 Å². The highest BCUT2D eigenvalue weighted by Crippen LogP contribution is 2.10. The Labute approximate surface area is 117 Å². The number of aromatic nitrogens is 4. The Morgan fingerprint density at radius 1 is 1.20 bits per heavy atom. The topological polar surface area (TPSA) is 61.8 Å². The Morgan fingerprint density at radius 2 is 1.80 bits per heavy atom. The summed E-state index contributed by atoms with van der Waals surface area (Å²) in [5, 5.41) is 0. The molecule has 2 aromatic rings. The zero-order valence-electron chi connectivity index (χ0n) is 12.9. The predicted molar refractivity (Wildman–Crippen MR) is 77.7 cm³/mol. The van der Waals surface area contributed by atoms with Crippen LogP contribution in [0.4, 0.5) is 0 Å². The highest BCUT2D eigenvalue weighted by atomic mass is 16.2. The van der Waals surface area contributed by atoms with Crippen molar-refractivity contribution in [2.45, 2.75) is 19.5 Å². The lowest BCUT2D eigenvalue weighted by Gasteiger charge is -2.31. The molecular weight excluding hydrogens is 258 g/mol. The second kappa shape index (κ2) is 4.59. The molecule has 0 spiro atoms. The molecule has 0 aromatic carbocycles. The van der Waals surface area contributed by atoms with Crippen molar-refractivity contribution in [3.8, 4) is 0 Å². The van der Waals surface area contributed by atoms with Gasteiger partial charge >= 0.3 is 5.69 Å². The lowest BCUT2D eigenvalue weighted by Crippen LogP contribution is -2.45. The maximum Gasteiger partial charge on any atom is 0.332 e. The molecule has 1 unspecified atom stereocenters. The van der Waals surface area contributed by atoms with Gasteiger partial charge in [0.25, 0.3) is 5.56 Å². The molecule has 0 saturated carbocycles. The minimum absolute atomic E-state index is 0.297. The molecule has 2 rings (SSSR count). The molecule has 0 bridgehead atoms. The first kappa shape index (κ1) is 14.5. The van der Waals surface area contributed by atoms with Gasteiger partial charge in [-0.25, -0.2) is 9.78 Å². The quantitative estimate of drug-likeness (QED) is 0.714. The average Bonchev–Trinajstić information content (AvgIpc) is 2.76. The highest BCUT2D eigenvalue weighted by molar-refractivity contribution is 5.69. The van der Waals surface area contributed by atoms with Crippen molar-refractivity contribution < 1.29 is 4.48 Å². The monoisotopic (exact) mass is 280 g/mol. The number of nitrogens with zero attached hydrogens (tertiary/aromatic N) is 5. The number of aryl methyl sites for hydroxylation is 1. The van der Waals surface area contributed by atoms with Gasteiger partial charge in [-0.05, 0) is 6.92 Å². The van der Waals surface area contributed by atoms with E-state index in [1.54, 1.807) is 13.4 Å². The number of rotatable bonds is 3. The Balaban J connectivity index is 2.64. The van der Waals surface area contributed by atoms with Gasteiger partial charge < -0.3 is 9.05 Å².